The number of thiazole rings is 1. The zero-order valence-corrected chi connectivity index (χ0v) is 19.5. The first kappa shape index (κ1) is 21.5. The van der Waals surface area contributed by atoms with E-state index >= 15 is 0 Å². The van der Waals surface area contributed by atoms with Gasteiger partial charge in [0.2, 0.25) is 0 Å². The van der Waals surface area contributed by atoms with E-state index in [-0.39, 0.29) is 11.9 Å². The Bertz CT molecular complexity index is 996. The average Bonchev–Trinajstić information content (AvgIpc) is 3.35. The van der Waals surface area contributed by atoms with Crippen LogP contribution in [0.3, 0.4) is 0 Å². The molecule has 5 nitrogen and oxygen atoms in total. The van der Waals surface area contributed by atoms with E-state index in [1.54, 1.807) is 0 Å². The Morgan fingerprint density at radius 3 is 2.53 bits per heavy atom. The fourth-order valence-electron chi connectivity index (χ4n) is 3.57. The summed E-state index contributed by atoms with van der Waals surface area (Å²) in [6.07, 6.45) is 0. The minimum Gasteiger partial charge on any atom is -0.343 e. The number of aromatic nitrogens is 1. The van der Waals surface area contributed by atoms with Crippen molar-refractivity contribution < 1.29 is 4.79 Å². The first-order valence-corrected chi connectivity index (χ1v) is 12.0. The third-order valence-electron chi connectivity index (χ3n) is 5.33. The lowest BCUT2D eigenvalue weighted by atomic mass is 10.1. The first-order chi connectivity index (χ1) is 14.5. The summed E-state index contributed by atoms with van der Waals surface area (Å²) in [5.74, 6) is -0.0677. The van der Waals surface area contributed by atoms with Gasteiger partial charge in [-0.1, -0.05) is 41.9 Å². The predicted molar refractivity (Wildman–Crippen MR) is 126 cm³/mol. The van der Waals surface area contributed by atoms with Crippen molar-refractivity contribution >= 4 is 40.2 Å². The quantitative estimate of drug-likeness (QED) is 0.586. The van der Waals surface area contributed by atoms with Crippen molar-refractivity contribution in [1.82, 2.24) is 20.1 Å². The number of nitrogens with one attached hydrogen (secondary N) is 1. The molecule has 1 aliphatic rings. The third-order valence-corrected chi connectivity index (χ3v) is 7.89. The van der Waals surface area contributed by atoms with Gasteiger partial charge in [0.25, 0.3) is 5.91 Å². The van der Waals surface area contributed by atoms with Gasteiger partial charge in [-0.25, -0.2) is 4.98 Å². The number of hydrogen-bond donors (Lipinski definition) is 1. The van der Waals surface area contributed by atoms with Gasteiger partial charge in [0.05, 0.1) is 20.9 Å². The highest BCUT2D eigenvalue weighted by atomic mass is 35.5. The Kier molecular flexibility index (Phi) is 6.85. The number of piperazine rings is 1. The fourth-order valence-corrected chi connectivity index (χ4v) is 5.64. The molecule has 8 heteroatoms. The molecular weight excluding hydrogens is 436 g/mol. The number of aryl methyl sites for hydroxylation is 1. The highest BCUT2D eigenvalue weighted by Crippen LogP contribution is 2.35. The van der Waals surface area contributed by atoms with E-state index in [2.05, 4.69) is 39.3 Å². The summed E-state index contributed by atoms with van der Waals surface area (Å²) in [6.45, 7) is 6.82. The van der Waals surface area contributed by atoms with Crippen molar-refractivity contribution in [3.05, 3.63) is 62.9 Å². The molecule has 158 valence electrons. The largest absolute Gasteiger partial charge is 0.343 e. The van der Waals surface area contributed by atoms with Gasteiger partial charge in [-0.15, -0.1) is 22.7 Å². The van der Waals surface area contributed by atoms with Crippen molar-refractivity contribution in [2.24, 2.45) is 0 Å². The van der Waals surface area contributed by atoms with Crippen molar-refractivity contribution in [1.29, 1.82) is 0 Å². The van der Waals surface area contributed by atoms with Crippen LogP contribution in [0.15, 0.2) is 42.5 Å². The van der Waals surface area contributed by atoms with Crippen molar-refractivity contribution in [2.45, 2.75) is 13.0 Å². The van der Waals surface area contributed by atoms with Gasteiger partial charge in [-0.2, -0.15) is 0 Å². The van der Waals surface area contributed by atoms with Gasteiger partial charge in [-0.05, 0) is 31.7 Å². The number of carbonyl (C=O) groups excluding carboxylic acids is 1. The monoisotopic (exact) mass is 460 g/mol. The van der Waals surface area contributed by atoms with E-state index in [1.807, 2.05) is 37.3 Å². The summed E-state index contributed by atoms with van der Waals surface area (Å²) in [5.41, 5.74) is 1.88. The Balaban J connectivity index is 1.52. The first-order valence-electron chi connectivity index (χ1n) is 9.99. The van der Waals surface area contributed by atoms with E-state index in [0.717, 1.165) is 58.2 Å². The molecule has 0 spiro atoms. The summed E-state index contributed by atoms with van der Waals surface area (Å²) in [7, 11) is 2.15. The van der Waals surface area contributed by atoms with Crippen LogP contribution in [-0.4, -0.2) is 60.5 Å². The molecule has 1 amide bonds. The molecule has 0 radical (unpaired) electrons. The van der Waals surface area contributed by atoms with Crippen LogP contribution in [0.2, 0.25) is 4.34 Å². The van der Waals surface area contributed by atoms with Gasteiger partial charge in [0.1, 0.15) is 9.88 Å². The molecule has 3 aromatic rings. The molecule has 3 heterocycles. The topological polar surface area (TPSA) is 48.5 Å². The molecule has 1 aliphatic heterocycles. The van der Waals surface area contributed by atoms with Gasteiger partial charge < -0.3 is 10.2 Å². The number of amides is 1. The summed E-state index contributed by atoms with van der Waals surface area (Å²) >= 11 is 8.97. The van der Waals surface area contributed by atoms with Crippen LogP contribution in [-0.2, 0) is 0 Å². The second-order valence-electron chi connectivity index (χ2n) is 7.58. The Morgan fingerprint density at radius 2 is 1.87 bits per heavy atom. The molecule has 30 heavy (non-hydrogen) atoms. The third kappa shape index (κ3) is 5.10. The standard InChI is InChI=1S/C22H25ClN4OS2/c1-15-20(30-22(24-15)18-8-9-19(23)29-18)21(28)25-17(16-6-4-3-5-7-16)14-27-12-10-26(2)11-13-27/h3-9,17H,10-14H2,1-2H3,(H,25,28). The Morgan fingerprint density at radius 1 is 1.13 bits per heavy atom. The van der Waals surface area contributed by atoms with Crippen LogP contribution in [0.1, 0.15) is 27.0 Å². The maximum Gasteiger partial charge on any atom is 0.263 e. The van der Waals surface area contributed by atoms with Crippen LogP contribution >= 0.6 is 34.3 Å². The summed E-state index contributed by atoms with van der Waals surface area (Å²) < 4.78 is 0.722. The van der Waals surface area contributed by atoms with Gasteiger partial charge in [-0.3, -0.25) is 9.69 Å². The number of hydrogen-bond acceptors (Lipinski definition) is 6. The van der Waals surface area contributed by atoms with E-state index in [4.69, 9.17) is 11.6 Å². The maximum absolute atomic E-state index is 13.2. The molecule has 4 rings (SSSR count). The van der Waals surface area contributed by atoms with Crippen molar-refractivity contribution in [3.63, 3.8) is 0 Å². The van der Waals surface area contributed by atoms with Gasteiger partial charge >= 0.3 is 0 Å². The number of thiophene rings is 1. The zero-order valence-electron chi connectivity index (χ0n) is 17.1. The van der Waals surface area contributed by atoms with Crippen LogP contribution < -0.4 is 5.32 Å². The number of likely N-dealkylation sites (N-methyl/N-ethyl adjacent to an activating group) is 1. The van der Waals surface area contributed by atoms with E-state index in [1.165, 1.54) is 22.7 Å². The number of carbonyl (C=O) groups is 1. The lowest BCUT2D eigenvalue weighted by molar-refractivity contribution is 0.0910. The number of rotatable bonds is 6. The molecule has 1 saturated heterocycles. The van der Waals surface area contributed by atoms with E-state index in [9.17, 15) is 4.79 Å². The summed E-state index contributed by atoms with van der Waals surface area (Å²) in [5, 5.41) is 4.11. The molecule has 0 saturated carbocycles. The lowest BCUT2D eigenvalue weighted by Gasteiger charge is -2.35. The van der Waals surface area contributed by atoms with E-state index < -0.39 is 0 Å². The molecule has 1 fully saturated rings. The Labute approximate surface area is 190 Å². The smallest absolute Gasteiger partial charge is 0.263 e. The average molecular weight is 461 g/mol. The number of benzene rings is 1. The second-order valence-corrected chi connectivity index (χ2v) is 10.3. The summed E-state index contributed by atoms with van der Waals surface area (Å²) in [6, 6.07) is 14.0. The highest BCUT2D eigenvalue weighted by molar-refractivity contribution is 7.24. The van der Waals surface area contributed by atoms with Gasteiger partial charge in [0, 0.05) is 32.7 Å². The van der Waals surface area contributed by atoms with Crippen LogP contribution in [0, 0.1) is 6.92 Å². The molecule has 1 aromatic carbocycles. The maximum atomic E-state index is 13.2. The normalized spacial score (nSPS) is 16.5. The molecule has 2 aromatic heterocycles. The molecule has 1 atom stereocenters. The van der Waals surface area contributed by atoms with Crippen molar-refractivity contribution in [2.75, 3.05) is 39.8 Å². The summed E-state index contributed by atoms with van der Waals surface area (Å²) in [4.78, 5) is 24.2. The zero-order chi connectivity index (χ0) is 21.1. The second kappa shape index (κ2) is 9.58. The number of nitrogens with zero attached hydrogens (tertiary/aromatic N) is 3. The van der Waals surface area contributed by atoms with Crippen molar-refractivity contribution in [3.8, 4) is 9.88 Å². The SMILES string of the molecule is Cc1nc(-c2ccc(Cl)s2)sc1C(=O)NC(CN1CCN(C)CC1)c1ccccc1. The lowest BCUT2D eigenvalue weighted by Crippen LogP contribution is -2.47. The predicted octanol–water partition coefficient (Wildman–Crippen LogP) is 4.55. The van der Waals surface area contributed by atoms with E-state index in [0.29, 0.717) is 4.88 Å². The molecular formula is C22H25ClN4OS2. The molecule has 1 unspecified atom stereocenters. The molecule has 0 aliphatic carbocycles. The van der Waals surface area contributed by atoms with Gasteiger partial charge in [0.15, 0.2) is 0 Å². The fraction of sp³-hybridized carbons (Fsp3) is 0.364. The van der Waals surface area contributed by atoms with Crippen LogP contribution in [0.4, 0.5) is 0 Å². The highest BCUT2D eigenvalue weighted by Gasteiger charge is 2.24. The van der Waals surface area contributed by atoms with Crippen LogP contribution in [0.25, 0.3) is 9.88 Å². The minimum atomic E-state index is -0.0677. The molecule has 0 bridgehead atoms. The van der Waals surface area contributed by atoms with Crippen LogP contribution in [0.5, 0.6) is 0 Å². The number of halogens is 1. The Hall–Kier alpha value is -1.77. The minimum absolute atomic E-state index is 0.0664. The molecule has 1 N–H and O–H groups in total.